The Morgan fingerprint density at radius 1 is 1.24 bits per heavy atom. The van der Waals surface area contributed by atoms with Gasteiger partial charge in [-0.15, -0.1) is 11.3 Å². The average Bonchev–Trinajstić information content (AvgIpc) is 3.29. The third kappa shape index (κ3) is 3.50. The van der Waals surface area contributed by atoms with Crippen molar-refractivity contribution in [3.05, 3.63) is 53.4 Å². The van der Waals surface area contributed by atoms with Crippen LogP contribution in [0, 0.1) is 0 Å². The molecule has 9 heteroatoms. The maximum atomic E-state index is 12.2. The summed E-state index contributed by atoms with van der Waals surface area (Å²) in [6.45, 7) is 0.605. The van der Waals surface area contributed by atoms with Crippen LogP contribution in [-0.2, 0) is 6.54 Å². The van der Waals surface area contributed by atoms with Gasteiger partial charge < -0.3 is 20.1 Å². The summed E-state index contributed by atoms with van der Waals surface area (Å²) >= 11 is 1.33. The monoisotopic (exact) mass is 355 g/mol. The highest BCUT2D eigenvalue weighted by Crippen LogP contribution is 2.32. The molecule has 1 aliphatic rings. The first-order chi connectivity index (χ1) is 12.3. The molecule has 3 heterocycles. The molecule has 1 aromatic carbocycles. The number of ether oxygens (including phenoxy) is 2. The van der Waals surface area contributed by atoms with Gasteiger partial charge in [0.05, 0.1) is 0 Å². The first-order valence-corrected chi connectivity index (χ1v) is 8.31. The van der Waals surface area contributed by atoms with Gasteiger partial charge in [-0.05, 0) is 23.8 Å². The van der Waals surface area contributed by atoms with E-state index in [1.807, 2.05) is 18.2 Å². The molecule has 0 radical (unpaired) electrons. The van der Waals surface area contributed by atoms with Gasteiger partial charge in [-0.25, -0.2) is 15.0 Å². The second kappa shape index (κ2) is 6.73. The molecule has 126 valence electrons. The maximum absolute atomic E-state index is 12.2. The van der Waals surface area contributed by atoms with Gasteiger partial charge in [-0.2, -0.15) is 0 Å². The molecule has 2 aromatic heterocycles. The fourth-order valence-electron chi connectivity index (χ4n) is 2.23. The van der Waals surface area contributed by atoms with Crippen molar-refractivity contribution in [1.82, 2.24) is 20.3 Å². The van der Waals surface area contributed by atoms with Crippen molar-refractivity contribution >= 4 is 28.2 Å². The molecule has 8 nitrogen and oxygen atoms in total. The van der Waals surface area contributed by atoms with Crippen molar-refractivity contribution in [3.63, 3.8) is 0 Å². The van der Waals surface area contributed by atoms with Crippen molar-refractivity contribution in [1.29, 1.82) is 0 Å². The fraction of sp³-hybridized carbons (Fsp3) is 0.125. The van der Waals surface area contributed by atoms with E-state index in [-0.39, 0.29) is 12.7 Å². The van der Waals surface area contributed by atoms with Crippen molar-refractivity contribution in [2.24, 2.45) is 0 Å². The highest BCUT2D eigenvalue weighted by atomic mass is 32.1. The van der Waals surface area contributed by atoms with E-state index in [9.17, 15) is 4.79 Å². The largest absolute Gasteiger partial charge is 0.454 e. The molecule has 4 rings (SSSR count). The maximum Gasteiger partial charge on any atom is 0.271 e. The number of nitrogens with one attached hydrogen (secondary N) is 2. The van der Waals surface area contributed by atoms with E-state index in [4.69, 9.17) is 9.47 Å². The molecule has 0 unspecified atom stereocenters. The van der Waals surface area contributed by atoms with Gasteiger partial charge in [0, 0.05) is 18.1 Å². The third-order valence-electron chi connectivity index (χ3n) is 3.44. The number of fused-ring (bicyclic) bond motifs is 1. The van der Waals surface area contributed by atoms with Crippen LogP contribution in [0.1, 0.15) is 16.1 Å². The molecule has 0 saturated heterocycles. The van der Waals surface area contributed by atoms with Gasteiger partial charge in [-0.1, -0.05) is 6.07 Å². The molecule has 2 N–H and O–H groups in total. The lowest BCUT2D eigenvalue weighted by atomic mass is 10.2. The van der Waals surface area contributed by atoms with Crippen molar-refractivity contribution in [3.8, 4) is 11.5 Å². The number of rotatable bonds is 5. The van der Waals surface area contributed by atoms with Gasteiger partial charge in [0.1, 0.15) is 17.8 Å². The van der Waals surface area contributed by atoms with Crippen molar-refractivity contribution in [2.75, 3.05) is 12.1 Å². The summed E-state index contributed by atoms with van der Waals surface area (Å²) in [5.41, 5.74) is 1.27. The first-order valence-electron chi connectivity index (χ1n) is 7.43. The predicted octanol–water partition coefficient (Wildman–Crippen LogP) is 2.34. The van der Waals surface area contributed by atoms with E-state index in [0.29, 0.717) is 28.9 Å². The zero-order valence-electron chi connectivity index (χ0n) is 12.9. The van der Waals surface area contributed by atoms with E-state index in [1.165, 1.54) is 17.7 Å². The summed E-state index contributed by atoms with van der Waals surface area (Å²) in [5.74, 6) is 1.79. The topological polar surface area (TPSA) is 98.3 Å². The molecular weight excluding hydrogens is 342 g/mol. The van der Waals surface area contributed by atoms with Crippen LogP contribution in [0.3, 0.4) is 0 Å². The van der Waals surface area contributed by atoms with Crippen LogP contribution in [-0.4, -0.2) is 27.7 Å². The van der Waals surface area contributed by atoms with E-state index in [1.54, 1.807) is 17.6 Å². The second-order valence-electron chi connectivity index (χ2n) is 5.13. The second-order valence-corrected chi connectivity index (χ2v) is 5.99. The lowest BCUT2D eigenvalue weighted by molar-refractivity contribution is 0.0946. The molecule has 0 spiro atoms. The third-order valence-corrected chi connectivity index (χ3v) is 4.20. The molecule has 0 atom stereocenters. The number of carbonyl (C=O) groups excluding carboxylic acids is 1. The predicted molar refractivity (Wildman–Crippen MR) is 91.2 cm³/mol. The molecule has 3 aromatic rings. The minimum atomic E-state index is -0.246. The Morgan fingerprint density at radius 3 is 3.04 bits per heavy atom. The number of aromatic nitrogens is 3. The van der Waals surface area contributed by atoms with Crippen LogP contribution in [0.25, 0.3) is 0 Å². The van der Waals surface area contributed by atoms with Gasteiger partial charge >= 0.3 is 0 Å². The van der Waals surface area contributed by atoms with E-state index < -0.39 is 0 Å². The summed E-state index contributed by atoms with van der Waals surface area (Å²) < 4.78 is 10.6. The number of hydrogen-bond donors (Lipinski definition) is 2. The SMILES string of the molecule is O=C(NCc1ccc2c(c1)OCO2)c1csc(Nc2ccncn2)n1. The summed E-state index contributed by atoms with van der Waals surface area (Å²) in [5, 5.41) is 8.15. The standard InChI is InChI=1S/C16H13N5O3S/c22-15(18-6-10-1-2-12-13(5-10)24-9-23-12)11-7-25-16(20-11)21-14-3-4-17-8-19-14/h1-5,7-8H,6,9H2,(H,18,22)(H,17,19,20,21). The number of carbonyl (C=O) groups is 1. The van der Waals surface area contributed by atoms with E-state index >= 15 is 0 Å². The lowest BCUT2D eigenvalue weighted by Crippen LogP contribution is -2.23. The minimum Gasteiger partial charge on any atom is -0.454 e. The smallest absolute Gasteiger partial charge is 0.271 e. The first kappa shape index (κ1) is 15.3. The molecular formula is C16H13N5O3S. The number of anilines is 2. The van der Waals surface area contributed by atoms with Crippen LogP contribution < -0.4 is 20.1 Å². The van der Waals surface area contributed by atoms with Crippen LogP contribution in [0.15, 0.2) is 42.2 Å². The van der Waals surface area contributed by atoms with Gasteiger partial charge in [-0.3, -0.25) is 4.79 Å². The highest BCUT2D eigenvalue weighted by molar-refractivity contribution is 7.14. The number of hydrogen-bond acceptors (Lipinski definition) is 8. The van der Waals surface area contributed by atoms with Gasteiger partial charge in [0.15, 0.2) is 16.6 Å². The Hall–Kier alpha value is -3.20. The van der Waals surface area contributed by atoms with E-state index in [2.05, 4.69) is 25.6 Å². The normalized spacial score (nSPS) is 12.0. The molecule has 1 amide bonds. The quantitative estimate of drug-likeness (QED) is 0.725. The number of nitrogens with zero attached hydrogens (tertiary/aromatic N) is 3. The molecule has 25 heavy (non-hydrogen) atoms. The molecule has 0 aliphatic carbocycles. The van der Waals surface area contributed by atoms with Crippen LogP contribution in [0.2, 0.25) is 0 Å². The number of amides is 1. The fourth-order valence-corrected chi connectivity index (χ4v) is 2.93. The average molecular weight is 355 g/mol. The van der Waals surface area contributed by atoms with Gasteiger partial charge in [0.25, 0.3) is 5.91 Å². The van der Waals surface area contributed by atoms with Crippen LogP contribution in [0.5, 0.6) is 11.5 Å². The zero-order valence-corrected chi connectivity index (χ0v) is 13.7. The van der Waals surface area contributed by atoms with Crippen LogP contribution in [0.4, 0.5) is 10.9 Å². The zero-order chi connectivity index (χ0) is 17.1. The summed E-state index contributed by atoms with van der Waals surface area (Å²) in [4.78, 5) is 24.4. The lowest BCUT2D eigenvalue weighted by Gasteiger charge is -2.05. The number of thiazole rings is 1. The van der Waals surface area contributed by atoms with Gasteiger partial charge in [0.2, 0.25) is 6.79 Å². The number of benzene rings is 1. The Morgan fingerprint density at radius 2 is 2.16 bits per heavy atom. The molecule has 1 aliphatic heterocycles. The van der Waals surface area contributed by atoms with Crippen molar-refractivity contribution in [2.45, 2.75) is 6.54 Å². The summed E-state index contributed by atoms with van der Waals surface area (Å²) in [6, 6.07) is 7.29. The summed E-state index contributed by atoms with van der Waals surface area (Å²) in [7, 11) is 0. The minimum absolute atomic E-state index is 0.228. The Labute approximate surface area is 146 Å². The Bertz CT molecular complexity index is 900. The molecule has 0 saturated carbocycles. The molecule has 0 fully saturated rings. The Balaban J connectivity index is 1.37. The van der Waals surface area contributed by atoms with E-state index in [0.717, 1.165) is 11.3 Å². The Kier molecular flexibility index (Phi) is 4.13. The highest BCUT2D eigenvalue weighted by Gasteiger charge is 2.14. The van der Waals surface area contributed by atoms with Crippen molar-refractivity contribution < 1.29 is 14.3 Å². The van der Waals surface area contributed by atoms with Crippen LogP contribution >= 0.6 is 11.3 Å². The summed E-state index contributed by atoms with van der Waals surface area (Å²) in [6.07, 6.45) is 3.07. The molecule has 0 bridgehead atoms.